The summed E-state index contributed by atoms with van der Waals surface area (Å²) in [7, 11) is -3.67. The van der Waals surface area contributed by atoms with E-state index in [9.17, 15) is 8.42 Å². The van der Waals surface area contributed by atoms with E-state index < -0.39 is 10.1 Å². The highest BCUT2D eigenvalue weighted by molar-refractivity contribution is 8.13. The third-order valence-electron chi connectivity index (χ3n) is 1.40. The van der Waals surface area contributed by atoms with Crippen LogP contribution in [0.2, 0.25) is 0 Å². The zero-order valence-corrected chi connectivity index (χ0v) is 11.0. The third kappa shape index (κ3) is 14.9. The van der Waals surface area contributed by atoms with Crippen LogP contribution in [0.5, 0.6) is 0 Å². The van der Waals surface area contributed by atoms with Gasteiger partial charge in [-0.15, -0.1) is 0 Å². The van der Waals surface area contributed by atoms with Crippen molar-refractivity contribution < 1.29 is 13.0 Å². The highest BCUT2D eigenvalue weighted by atomic mass is 32.2. The van der Waals surface area contributed by atoms with Crippen molar-refractivity contribution in [1.29, 1.82) is 5.41 Å². The maximum absolute atomic E-state index is 9.19. The Bertz CT molecular complexity index is 426. The number of hydrogen-bond acceptors (Lipinski definition) is 5. The first kappa shape index (κ1) is 15.9. The van der Waals surface area contributed by atoms with Crippen LogP contribution in [-0.2, 0) is 16.5 Å². The monoisotopic (exact) mass is 277 g/mol. The van der Waals surface area contributed by atoms with E-state index in [0.29, 0.717) is 6.26 Å². The lowest BCUT2D eigenvalue weighted by molar-refractivity contribution is 0.490. The van der Waals surface area contributed by atoms with Crippen molar-refractivity contribution in [3.05, 3.63) is 30.1 Å². The number of thioether (sulfide) groups is 1. The molecule has 17 heavy (non-hydrogen) atoms. The average molecular weight is 277 g/mol. The molecular formula is C9H15N3O3S2. The summed E-state index contributed by atoms with van der Waals surface area (Å²) in [6, 6.07) is 3.95. The molecule has 0 spiro atoms. The number of hydrogen-bond donors (Lipinski definition) is 3. The maximum atomic E-state index is 9.19. The van der Waals surface area contributed by atoms with Gasteiger partial charge in [0.1, 0.15) is 0 Å². The van der Waals surface area contributed by atoms with Gasteiger partial charge in [0, 0.05) is 18.1 Å². The van der Waals surface area contributed by atoms with E-state index in [2.05, 4.69) is 4.98 Å². The third-order valence-corrected chi connectivity index (χ3v) is 2.12. The van der Waals surface area contributed by atoms with Gasteiger partial charge >= 0.3 is 0 Å². The molecule has 1 rings (SSSR count). The second-order valence-corrected chi connectivity index (χ2v) is 5.65. The van der Waals surface area contributed by atoms with Crippen LogP contribution in [0.4, 0.5) is 0 Å². The van der Waals surface area contributed by atoms with Crippen molar-refractivity contribution in [2.45, 2.75) is 6.42 Å². The molecule has 6 nitrogen and oxygen atoms in total. The lowest BCUT2D eigenvalue weighted by Gasteiger charge is -1.98. The zero-order valence-electron chi connectivity index (χ0n) is 9.33. The molecule has 0 saturated carbocycles. The highest BCUT2D eigenvalue weighted by Crippen LogP contribution is 2.04. The Morgan fingerprint density at radius 1 is 1.53 bits per heavy atom. The lowest BCUT2D eigenvalue weighted by Crippen LogP contribution is -2.05. The summed E-state index contributed by atoms with van der Waals surface area (Å²) in [5.41, 5.74) is 6.43. The minimum atomic E-state index is -3.67. The SMILES string of the molecule is CS(=O)(=O)O.N=C(N)SCCc1ccncc1. The molecule has 0 aliphatic heterocycles. The van der Waals surface area contributed by atoms with Crippen LogP contribution < -0.4 is 5.73 Å². The molecule has 4 N–H and O–H groups in total. The first-order chi connectivity index (χ1) is 7.79. The van der Waals surface area contributed by atoms with Crippen LogP contribution in [0.3, 0.4) is 0 Å². The highest BCUT2D eigenvalue weighted by Gasteiger charge is 1.93. The molecule has 1 heterocycles. The van der Waals surface area contributed by atoms with Crippen molar-refractivity contribution in [2.75, 3.05) is 12.0 Å². The molecule has 0 aliphatic carbocycles. The average Bonchev–Trinajstić information content (AvgIpc) is 2.16. The molecule has 0 aromatic carbocycles. The molecule has 0 aliphatic rings. The molecule has 0 saturated heterocycles. The van der Waals surface area contributed by atoms with Crippen LogP contribution >= 0.6 is 11.8 Å². The Hall–Kier alpha value is -1.12. The second-order valence-electron chi connectivity index (χ2n) is 3.05. The number of nitrogens with two attached hydrogens (primary N) is 1. The van der Waals surface area contributed by atoms with E-state index in [-0.39, 0.29) is 5.17 Å². The summed E-state index contributed by atoms with van der Waals surface area (Å²) < 4.78 is 25.9. The van der Waals surface area contributed by atoms with Crippen LogP contribution in [0, 0.1) is 5.41 Å². The van der Waals surface area contributed by atoms with E-state index in [4.69, 9.17) is 15.7 Å². The van der Waals surface area contributed by atoms with Crippen LogP contribution in [-0.4, -0.2) is 35.1 Å². The second kappa shape index (κ2) is 8.04. The number of rotatable bonds is 3. The molecule has 0 unspecified atom stereocenters. The number of aromatic nitrogens is 1. The largest absolute Gasteiger partial charge is 0.379 e. The zero-order chi connectivity index (χ0) is 13.3. The van der Waals surface area contributed by atoms with Gasteiger partial charge in [0.15, 0.2) is 5.17 Å². The van der Waals surface area contributed by atoms with Gasteiger partial charge in [-0.2, -0.15) is 8.42 Å². The predicted molar refractivity (Wildman–Crippen MR) is 69.8 cm³/mol. The van der Waals surface area contributed by atoms with Gasteiger partial charge in [-0.05, 0) is 24.1 Å². The predicted octanol–water partition coefficient (Wildman–Crippen LogP) is 0.755. The molecule has 0 fully saturated rings. The minimum Gasteiger partial charge on any atom is -0.379 e. The number of pyridine rings is 1. The van der Waals surface area contributed by atoms with Crippen molar-refractivity contribution in [2.24, 2.45) is 5.73 Å². The van der Waals surface area contributed by atoms with E-state index in [0.717, 1.165) is 12.2 Å². The van der Waals surface area contributed by atoms with Crippen molar-refractivity contribution >= 4 is 27.0 Å². The van der Waals surface area contributed by atoms with Gasteiger partial charge in [-0.1, -0.05) is 11.8 Å². The molecule has 0 atom stereocenters. The van der Waals surface area contributed by atoms with Gasteiger partial charge < -0.3 is 5.73 Å². The summed E-state index contributed by atoms with van der Waals surface area (Å²) >= 11 is 1.37. The van der Waals surface area contributed by atoms with Gasteiger partial charge in [0.2, 0.25) is 0 Å². The fourth-order valence-corrected chi connectivity index (χ4v) is 1.39. The first-order valence-corrected chi connectivity index (χ1v) is 7.40. The number of nitrogens with zero attached hydrogens (tertiary/aromatic N) is 1. The Morgan fingerprint density at radius 2 is 2.00 bits per heavy atom. The van der Waals surface area contributed by atoms with Gasteiger partial charge in [0.05, 0.1) is 6.26 Å². The quantitative estimate of drug-likeness (QED) is 0.426. The van der Waals surface area contributed by atoms with Crippen LogP contribution in [0.1, 0.15) is 5.56 Å². The molecule has 0 bridgehead atoms. The molecule has 1 aromatic heterocycles. The number of amidine groups is 1. The standard InChI is InChI=1S/C8H11N3S.CH4O3S/c9-8(10)12-6-3-7-1-4-11-5-2-7;1-5(2,3)4/h1-2,4-5H,3,6H2,(H3,9,10);1H3,(H,2,3,4). The summed E-state index contributed by atoms with van der Waals surface area (Å²) in [5, 5.41) is 7.17. The van der Waals surface area contributed by atoms with E-state index in [1.54, 1.807) is 12.4 Å². The normalized spacial score (nSPS) is 10.2. The minimum absolute atomic E-state index is 0.184. The van der Waals surface area contributed by atoms with Crippen LogP contribution in [0.15, 0.2) is 24.5 Å². The molecular weight excluding hydrogens is 262 g/mol. The van der Waals surface area contributed by atoms with E-state index in [1.165, 1.54) is 17.3 Å². The molecule has 1 aromatic rings. The number of aryl methyl sites for hydroxylation is 1. The van der Waals surface area contributed by atoms with E-state index >= 15 is 0 Å². The summed E-state index contributed by atoms with van der Waals surface area (Å²) in [5.74, 6) is 0.860. The van der Waals surface area contributed by atoms with Crippen molar-refractivity contribution in [1.82, 2.24) is 4.98 Å². The van der Waals surface area contributed by atoms with Gasteiger partial charge in [-0.25, -0.2) is 0 Å². The summed E-state index contributed by atoms with van der Waals surface area (Å²) in [4.78, 5) is 3.91. The Kier molecular flexibility index (Phi) is 7.51. The van der Waals surface area contributed by atoms with Crippen molar-refractivity contribution in [3.63, 3.8) is 0 Å². The van der Waals surface area contributed by atoms with Crippen molar-refractivity contribution in [3.8, 4) is 0 Å². The molecule has 96 valence electrons. The summed E-state index contributed by atoms with van der Waals surface area (Å²) in [6.07, 6.45) is 5.20. The van der Waals surface area contributed by atoms with Gasteiger partial charge in [-0.3, -0.25) is 14.9 Å². The van der Waals surface area contributed by atoms with Crippen LogP contribution in [0.25, 0.3) is 0 Å². The maximum Gasteiger partial charge on any atom is 0.261 e. The number of nitrogens with one attached hydrogen (secondary N) is 1. The Labute approximate surface area is 105 Å². The molecule has 0 amide bonds. The fraction of sp³-hybridized carbons (Fsp3) is 0.333. The van der Waals surface area contributed by atoms with Gasteiger partial charge in [0.25, 0.3) is 10.1 Å². The first-order valence-electron chi connectivity index (χ1n) is 4.57. The Balaban J connectivity index is 0.000000437. The molecule has 0 radical (unpaired) electrons. The lowest BCUT2D eigenvalue weighted by atomic mass is 10.2. The Morgan fingerprint density at radius 3 is 2.41 bits per heavy atom. The fourth-order valence-electron chi connectivity index (χ4n) is 0.828. The van der Waals surface area contributed by atoms with E-state index in [1.807, 2.05) is 12.1 Å². The topological polar surface area (TPSA) is 117 Å². The summed E-state index contributed by atoms with van der Waals surface area (Å²) in [6.45, 7) is 0. The smallest absolute Gasteiger partial charge is 0.261 e. The molecule has 8 heteroatoms.